The van der Waals surface area contributed by atoms with Crippen molar-refractivity contribution in [3.63, 3.8) is 0 Å². The first-order valence-corrected chi connectivity index (χ1v) is 10.2. The normalized spacial score (nSPS) is 15.4. The summed E-state index contributed by atoms with van der Waals surface area (Å²) in [5.74, 6) is -0.381. The predicted molar refractivity (Wildman–Crippen MR) is 114 cm³/mol. The lowest BCUT2D eigenvalue weighted by Gasteiger charge is -2.32. The number of H-pyrrole nitrogens is 1. The van der Waals surface area contributed by atoms with Gasteiger partial charge in [0.25, 0.3) is 0 Å². The van der Waals surface area contributed by atoms with E-state index in [1.165, 1.54) is 7.11 Å². The highest BCUT2D eigenvalue weighted by molar-refractivity contribution is 6.30. The van der Waals surface area contributed by atoms with Crippen molar-refractivity contribution < 1.29 is 14.3 Å². The minimum Gasteiger partial charge on any atom is -0.465 e. The summed E-state index contributed by atoms with van der Waals surface area (Å²) in [6.45, 7) is 1.80. The molecule has 3 aromatic rings. The number of piperidine rings is 1. The SMILES string of the molecule is COC(=O)c1ccc2c(c1)[nH]c(=O)n2C1CCN(CC(=O)c2ccc(Cl)cc2)CC1. The molecule has 0 aliphatic carbocycles. The predicted octanol–water partition coefficient (Wildman–Crippen LogP) is 3.29. The number of imidazole rings is 1. The van der Waals surface area contributed by atoms with Crippen molar-refractivity contribution in [1.29, 1.82) is 0 Å². The van der Waals surface area contributed by atoms with Gasteiger partial charge in [-0.1, -0.05) is 11.6 Å². The summed E-state index contributed by atoms with van der Waals surface area (Å²) in [5, 5.41) is 0.607. The number of aromatic amines is 1. The van der Waals surface area contributed by atoms with Crippen molar-refractivity contribution in [3.8, 4) is 0 Å². The van der Waals surface area contributed by atoms with Crippen LogP contribution >= 0.6 is 11.6 Å². The lowest BCUT2D eigenvalue weighted by atomic mass is 10.0. The molecular formula is C22H22ClN3O4. The van der Waals surface area contributed by atoms with Crippen LogP contribution in [-0.2, 0) is 4.74 Å². The molecule has 0 unspecified atom stereocenters. The number of hydrogen-bond donors (Lipinski definition) is 1. The first kappa shape index (κ1) is 20.4. The van der Waals surface area contributed by atoms with Crippen LogP contribution in [-0.4, -0.2) is 52.9 Å². The summed E-state index contributed by atoms with van der Waals surface area (Å²) in [7, 11) is 1.33. The first-order valence-electron chi connectivity index (χ1n) is 9.80. The number of ether oxygens (including phenoxy) is 1. The molecule has 1 saturated heterocycles. The van der Waals surface area contributed by atoms with Crippen molar-refractivity contribution in [1.82, 2.24) is 14.5 Å². The Morgan fingerprint density at radius 1 is 1.10 bits per heavy atom. The largest absolute Gasteiger partial charge is 0.465 e. The lowest BCUT2D eigenvalue weighted by molar-refractivity contribution is 0.0600. The second kappa shape index (κ2) is 8.45. The van der Waals surface area contributed by atoms with Gasteiger partial charge in [-0.25, -0.2) is 9.59 Å². The number of esters is 1. The molecule has 0 spiro atoms. The third-order valence-corrected chi connectivity index (χ3v) is 5.85. The van der Waals surface area contributed by atoms with Gasteiger partial charge in [0.1, 0.15) is 0 Å². The van der Waals surface area contributed by atoms with Crippen LogP contribution in [0.15, 0.2) is 47.3 Å². The molecule has 30 heavy (non-hydrogen) atoms. The third kappa shape index (κ3) is 4.04. The highest BCUT2D eigenvalue weighted by Gasteiger charge is 2.25. The van der Waals surface area contributed by atoms with Crippen LogP contribution in [0.25, 0.3) is 11.0 Å². The molecule has 156 valence electrons. The number of aromatic nitrogens is 2. The Morgan fingerprint density at radius 3 is 2.43 bits per heavy atom. The zero-order valence-electron chi connectivity index (χ0n) is 16.6. The molecule has 0 amide bonds. The Bertz CT molecular complexity index is 1140. The van der Waals surface area contributed by atoms with Crippen molar-refractivity contribution in [3.05, 3.63) is 69.1 Å². The van der Waals surface area contributed by atoms with E-state index in [-0.39, 0.29) is 17.5 Å². The van der Waals surface area contributed by atoms with Crippen molar-refractivity contribution in [2.75, 3.05) is 26.7 Å². The fraction of sp³-hybridized carbons (Fsp3) is 0.318. The number of nitrogens with one attached hydrogen (secondary N) is 1. The van der Waals surface area contributed by atoms with Crippen LogP contribution in [0.5, 0.6) is 0 Å². The molecule has 0 radical (unpaired) electrons. The van der Waals surface area contributed by atoms with Crippen LogP contribution in [0.1, 0.15) is 39.6 Å². The molecule has 1 fully saturated rings. The molecule has 8 heteroatoms. The van der Waals surface area contributed by atoms with E-state index in [9.17, 15) is 14.4 Å². The lowest BCUT2D eigenvalue weighted by Crippen LogP contribution is -2.39. The van der Waals surface area contributed by atoms with E-state index in [1.807, 2.05) is 0 Å². The summed E-state index contributed by atoms with van der Waals surface area (Å²) in [6.07, 6.45) is 1.53. The van der Waals surface area contributed by atoms with Gasteiger partial charge in [0, 0.05) is 29.7 Å². The van der Waals surface area contributed by atoms with Crippen LogP contribution in [0.2, 0.25) is 5.02 Å². The zero-order valence-corrected chi connectivity index (χ0v) is 17.3. The first-order chi connectivity index (χ1) is 14.5. The molecule has 7 nitrogen and oxygen atoms in total. The average Bonchev–Trinajstić information content (AvgIpc) is 3.09. The van der Waals surface area contributed by atoms with E-state index in [1.54, 1.807) is 47.0 Å². The molecule has 0 atom stereocenters. The Labute approximate surface area is 178 Å². The summed E-state index contributed by atoms with van der Waals surface area (Å²) in [6, 6.07) is 12.0. The third-order valence-electron chi connectivity index (χ3n) is 5.59. The number of nitrogens with zero attached hydrogens (tertiary/aromatic N) is 2. The second-order valence-electron chi connectivity index (χ2n) is 7.46. The molecule has 1 aromatic heterocycles. The van der Waals surface area contributed by atoms with Gasteiger partial charge < -0.3 is 9.72 Å². The van der Waals surface area contributed by atoms with Gasteiger partial charge in [-0.15, -0.1) is 0 Å². The van der Waals surface area contributed by atoms with E-state index in [4.69, 9.17) is 16.3 Å². The van der Waals surface area contributed by atoms with Gasteiger partial charge in [0.15, 0.2) is 5.78 Å². The van der Waals surface area contributed by atoms with Crippen molar-refractivity contribution in [2.24, 2.45) is 0 Å². The van der Waals surface area contributed by atoms with Gasteiger partial charge in [0.05, 0.1) is 30.3 Å². The highest BCUT2D eigenvalue weighted by atomic mass is 35.5. The maximum atomic E-state index is 12.6. The Balaban J connectivity index is 1.45. The molecule has 2 aromatic carbocycles. The number of fused-ring (bicyclic) bond motifs is 1. The van der Waals surface area contributed by atoms with Gasteiger partial charge in [-0.3, -0.25) is 14.3 Å². The fourth-order valence-electron chi connectivity index (χ4n) is 4.00. The molecule has 0 saturated carbocycles. The average molecular weight is 428 g/mol. The quantitative estimate of drug-likeness (QED) is 0.499. The van der Waals surface area contributed by atoms with E-state index in [0.717, 1.165) is 31.4 Å². The Hall–Kier alpha value is -2.90. The molecular weight excluding hydrogens is 406 g/mol. The van der Waals surface area contributed by atoms with Crippen LogP contribution < -0.4 is 5.69 Å². The zero-order chi connectivity index (χ0) is 21.3. The van der Waals surface area contributed by atoms with Crippen molar-refractivity contribution in [2.45, 2.75) is 18.9 Å². The van der Waals surface area contributed by atoms with Crippen LogP contribution in [0, 0.1) is 0 Å². The van der Waals surface area contributed by atoms with E-state index >= 15 is 0 Å². The van der Waals surface area contributed by atoms with Gasteiger partial charge >= 0.3 is 11.7 Å². The summed E-state index contributed by atoms with van der Waals surface area (Å²) in [5.41, 5.74) is 2.24. The van der Waals surface area contributed by atoms with E-state index < -0.39 is 5.97 Å². The topological polar surface area (TPSA) is 84.4 Å². The Morgan fingerprint density at radius 2 is 1.77 bits per heavy atom. The number of Topliss-reactive ketones (excluding diaryl/α,β-unsaturated/α-hetero) is 1. The Kier molecular flexibility index (Phi) is 5.74. The molecule has 1 aliphatic heterocycles. The smallest absolute Gasteiger partial charge is 0.337 e. The number of carbonyl (C=O) groups is 2. The molecule has 2 heterocycles. The number of methoxy groups -OCH3 is 1. The number of likely N-dealkylation sites (tertiary alicyclic amines) is 1. The minimum absolute atomic E-state index is 0.0390. The highest BCUT2D eigenvalue weighted by Crippen LogP contribution is 2.25. The standard InChI is InChI=1S/C22H22ClN3O4/c1-30-21(28)15-4-7-19-18(12-15)24-22(29)26(19)17-8-10-25(11-9-17)13-20(27)14-2-5-16(23)6-3-14/h2-7,12,17H,8-11,13H2,1H3,(H,24,29). The van der Waals surface area contributed by atoms with Gasteiger partial charge in [0.2, 0.25) is 0 Å². The van der Waals surface area contributed by atoms with Crippen LogP contribution in [0.4, 0.5) is 0 Å². The van der Waals surface area contributed by atoms with Crippen molar-refractivity contribution >= 4 is 34.4 Å². The maximum absolute atomic E-state index is 12.6. The molecule has 1 aliphatic rings. The number of hydrogen-bond acceptors (Lipinski definition) is 5. The summed E-state index contributed by atoms with van der Waals surface area (Å²) in [4.78, 5) is 41.7. The number of carbonyl (C=O) groups excluding carboxylic acids is 2. The van der Waals surface area contributed by atoms with Gasteiger partial charge in [-0.05, 0) is 55.3 Å². The summed E-state index contributed by atoms with van der Waals surface area (Å²) < 4.78 is 6.50. The van der Waals surface area contributed by atoms with E-state index in [2.05, 4.69) is 9.88 Å². The second-order valence-corrected chi connectivity index (χ2v) is 7.90. The number of ketones is 1. The summed E-state index contributed by atoms with van der Waals surface area (Å²) >= 11 is 5.88. The number of rotatable bonds is 5. The monoisotopic (exact) mass is 427 g/mol. The number of benzene rings is 2. The van der Waals surface area contributed by atoms with Gasteiger partial charge in [-0.2, -0.15) is 0 Å². The maximum Gasteiger partial charge on any atom is 0.337 e. The number of halogens is 1. The molecule has 1 N–H and O–H groups in total. The molecule has 4 rings (SSSR count). The van der Waals surface area contributed by atoms with E-state index in [0.29, 0.717) is 28.2 Å². The minimum atomic E-state index is -0.441. The fourth-order valence-corrected chi connectivity index (χ4v) is 4.13. The molecule has 0 bridgehead atoms. The van der Waals surface area contributed by atoms with Crippen LogP contribution in [0.3, 0.4) is 0 Å².